The molecule has 0 aliphatic carbocycles. The Morgan fingerprint density at radius 1 is 1.18 bits per heavy atom. The van der Waals surface area contributed by atoms with E-state index in [9.17, 15) is 9.59 Å². The van der Waals surface area contributed by atoms with Gasteiger partial charge in [-0.1, -0.05) is 20.8 Å². The number of carbonyl (C=O) groups is 2. The first-order chi connectivity index (χ1) is 7.73. The van der Waals surface area contributed by atoms with E-state index in [-0.39, 0.29) is 23.3 Å². The van der Waals surface area contributed by atoms with E-state index in [0.29, 0.717) is 25.9 Å². The molecule has 0 saturated carbocycles. The minimum absolute atomic E-state index is 0.0117. The van der Waals surface area contributed by atoms with Gasteiger partial charge in [0.25, 0.3) is 0 Å². The summed E-state index contributed by atoms with van der Waals surface area (Å²) >= 11 is 0. The first kappa shape index (κ1) is 15.9. The Kier molecular flexibility index (Phi) is 6.80. The molecule has 0 fully saturated rings. The van der Waals surface area contributed by atoms with Crippen LogP contribution in [0.3, 0.4) is 0 Å². The lowest BCUT2D eigenvalue weighted by Gasteiger charge is -2.17. The summed E-state index contributed by atoms with van der Waals surface area (Å²) in [6.45, 7) is 8.34. The molecule has 0 aromatic heterocycles. The molecule has 0 bridgehead atoms. The molecule has 0 aliphatic heterocycles. The number of hydrogen-bond acceptors (Lipinski definition) is 3. The molecule has 4 N–H and O–H groups in total. The van der Waals surface area contributed by atoms with Crippen LogP contribution in [0.1, 0.15) is 40.5 Å². The van der Waals surface area contributed by atoms with Gasteiger partial charge < -0.3 is 16.4 Å². The molecule has 0 rings (SSSR count). The molecule has 5 heteroatoms. The maximum Gasteiger partial charge on any atom is 0.225 e. The van der Waals surface area contributed by atoms with Crippen molar-refractivity contribution in [2.24, 2.45) is 11.1 Å². The number of hydrogen-bond donors (Lipinski definition) is 3. The van der Waals surface area contributed by atoms with Gasteiger partial charge in [0.05, 0.1) is 0 Å². The predicted molar refractivity (Wildman–Crippen MR) is 68.4 cm³/mol. The van der Waals surface area contributed by atoms with Gasteiger partial charge in [-0.15, -0.1) is 0 Å². The fourth-order valence-electron chi connectivity index (χ4n) is 1.09. The second-order valence-corrected chi connectivity index (χ2v) is 5.37. The smallest absolute Gasteiger partial charge is 0.225 e. The Morgan fingerprint density at radius 2 is 1.71 bits per heavy atom. The molecule has 17 heavy (non-hydrogen) atoms. The zero-order chi connectivity index (χ0) is 13.5. The van der Waals surface area contributed by atoms with Gasteiger partial charge in [-0.05, 0) is 13.3 Å². The molecule has 0 saturated heterocycles. The lowest BCUT2D eigenvalue weighted by molar-refractivity contribution is -0.128. The lowest BCUT2D eigenvalue weighted by Crippen LogP contribution is -2.40. The molecule has 0 radical (unpaired) electrons. The van der Waals surface area contributed by atoms with Crippen LogP contribution >= 0.6 is 0 Å². The zero-order valence-corrected chi connectivity index (χ0v) is 11.3. The summed E-state index contributed by atoms with van der Waals surface area (Å²) in [5, 5.41) is 5.50. The maximum atomic E-state index is 11.5. The highest BCUT2D eigenvalue weighted by molar-refractivity contribution is 5.81. The van der Waals surface area contributed by atoms with Crippen molar-refractivity contribution in [3.63, 3.8) is 0 Å². The van der Waals surface area contributed by atoms with Crippen LogP contribution in [0, 0.1) is 5.41 Å². The molecule has 0 aliphatic rings. The molecule has 0 aromatic carbocycles. The van der Waals surface area contributed by atoms with Gasteiger partial charge in [0.2, 0.25) is 11.8 Å². The topological polar surface area (TPSA) is 84.2 Å². The van der Waals surface area contributed by atoms with Crippen molar-refractivity contribution < 1.29 is 9.59 Å². The summed E-state index contributed by atoms with van der Waals surface area (Å²) in [6, 6.07) is 0.0429. The number of amides is 2. The van der Waals surface area contributed by atoms with Crippen LogP contribution in [-0.2, 0) is 9.59 Å². The standard InChI is InChI=1S/C12H25N3O2/c1-9(13)5-6-10(16)14-7-8-15-11(17)12(2,3)4/h9H,5-8,13H2,1-4H3,(H,14,16)(H,15,17). The molecule has 0 aromatic rings. The Hall–Kier alpha value is -1.10. The molecule has 1 unspecified atom stereocenters. The first-order valence-electron chi connectivity index (χ1n) is 6.04. The van der Waals surface area contributed by atoms with E-state index in [1.807, 2.05) is 27.7 Å². The SMILES string of the molecule is CC(N)CCC(=O)NCCNC(=O)C(C)(C)C. The fourth-order valence-corrected chi connectivity index (χ4v) is 1.09. The van der Waals surface area contributed by atoms with Crippen LogP contribution in [0.15, 0.2) is 0 Å². The second kappa shape index (κ2) is 7.27. The molecule has 1 atom stereocenters. The van der Waals surface area contributed by atoms with Gasteiger partial charge in [-0.3, -0.25) is 9.59 Å². The van der Waals surface area contributed by atoms with Crippen LogP contribution in [0.5, 0.6) is 0 Å². The zero-order valence-electron chi connectivity index (χ0n) is 11.3. The first-order valence-corrected chi connectivity index (χ1v) is 6.04. The largest absolute Gasteiger partial charge is 0.354 e. The summed E-state index contributed by atoms with van der Waals surface area (Å²) in [5.74, 6) is -0.0327. The van der Waals surface area contributed by atoms with Gasteiger partial charge >= 0.3 is 0 Å². The number of nitrogens with one attached hydrogen (secondary N) is 2. The maximum absolute atomic E-state index is 11.5. The minimum Gasteiger partial charge on any atom is -0.354 e. The van der Waals surface area contributed by atoms with Gasteiger partial charge in [-0.2, -0.15) is 0 Å². The summed E-state index contributed by atoms with van der Waals surface area (Å²) < 4.78 is 0. The van der Waals surface area contributed by atoms with Crippen LogP contribution < -0.4 is 16.4 Å². The van der Waals surface area contributed by atoms with E-state index in [4.69, 9.17) is 5.73 Å². The quantitative estimate of drug-likeness (QED) is 0.590. The van der Waals surface area contributed by atoms with Crippen molar-refractivity contribution in [2.75, 3.05) is 13.1 Å². The molecule has 0 heterocycles. The van der Waals surface area contributed by atoms with E-state index >= 15 is 0 Å². The molecule has 2 amide bonds. The van der Waals surface area contributed by atoms with Crippen molar-refractivity contribution in [2.45, 2.75) is 46.6 Å². The van der Waals surface area contributed by atoms with E-state index in [0.717, 1.165) is 0 Å². The lowest BCUT2D eigenvalue weighted by atomic mass is 9.96. The molecule has 5 nitrogen and oxygen atoms in total. The third-order valence-corrected chi connectivity index (χ3v) is 2.24. The fraction of sp³-hybridized carbons (Fsp3) is 0.833. The van der Waals surface area contributed by atoms with Gasteiger partial charge in [-0.25, -0.2) is 0 Å². The van der Waals surface area contributed by atoms with Gasteiger partial charge in [0, 0.05) is 31.0 Å². The molecule has 0 spiro atoms. The third kappa shape index (κ3) is 8.68. The number of carbonyl (C=O) groups excluding carboxylic acids is 2. The average molecular weight is 243 g/mol. The Balaban J connectivity index is 3.58. The summed E-state index contributed by atoms with van der Waals surface area (Å²) in [7, 11) is 0. The van der Waals surface area contributed by atoms with Crippen molar-refractivity contribution in [3.8, 4) is 0 Å². The summed E-state index contributed by atoms with van der Waals surface area (Å²) in [6.07, 6.45) is 1.12. The molecular weight excluding hydrogens is 218 g/mol. The Labute approximate surface area is 104 Å². The van der Waals surface area contributed by atoms with E-state index in [1.54, 1.807) is 0 Å². The number of nitrogens with two attached hydrogens (primary N) is 1. The van der Waals surface area contributed by atoms with Crippen molar-refractivity contribution in [1.82, 2.24) is 10.6 Å². The van der Waals surface area contributed by atoms with E-state index in [2.05, 4.69) is 10.6 Å². The normalized spacial score (nSPS) is 13.0. The molecule has 100 valence electrons. The highest BCUT2D eigenvalue weighted by Crippen LogP contribution is 2.11. The highest BCUT2D eigenvalue weighted by atomic mass is 16.2. The van der Waals surface area contributed by atoms with Crippen molar-refractivity contribution in [1.29, 1.82) is 0 Å². The van der Waals surface area contributed by atoms with E-state index in [1.165, 1.54) is 0 Å². The highest BCUT2D eigenvalue weighted by Gasteiger charge is 2.20. The number of rotatable bonds is 6. The monoisotopic (exact) mass is 243 g/mol. The van der Waals surface area contributed by atoms with Crippen LogP contribution in [-0.4, -0.2) is 30.9 Å². The Morgan fingerprint density at radius 3 is 2.18 bits per heavy atom. The third-order valence-electron chi connectivity index (χ3n) is 2.24. The minimum atomic E-state index is -0.390. The average Bonchev–Trinajstić information content (AvgIpc) is 2.19. The van der Waals surface area contributed by atoms with Crippen molar-refractivity contribution in [3.05, 3.63) is 0 Å². The van der Waals surface area contributed by atoms with Gasteiger partial charge in [0.15, 0.2) is 0 Å². The van der Waals surface area contributed by atoms with Crippen LogP contribution in [0.25, 0.3) is 0 Å². The van der Waals surface area contributed by atoms with Crippen LogP contribution in [0.4, 0.5) is 0 Å². The summed E-state index contributed by atoms with van der Waals surface area (Å²) in [4.78, 5) is 22.8. The molecular formula is C12H25N3O2. The van der Waals surface area contributed by atoms with Gasteiger partial charge in [0.1, 0.15) is 0 Å². The van der Waals surface area contributed by atoms with E-state index < -0.39 is 0 Å². The van der Waals surface area contributed by atoms with Crippen LogP contribution in [0.2, 0.25) is 0 Å². The van der Waals surface area contributed by atoms with Crippen molar-refractivity contribution >= 4 is 11.8 Å². The Bertz CT molecular complexity index is 257. The predicted octanol–water partition coefficient (Wildman–Crippen LogP) is 0.392. The second-order valence-electron chi connectivity index (χ2n) is 5.37. The summed E-state index contributed by atoms with van der Waals surface area (Å²) in [5.41, 5.74) is 5.16.